The Morgan fingerprint density at radius 2 is 1.02 bits per heavy atom. The molecule has 5 aromatic rings. The molecule has 7 rings (SSSR count). The van der Waals surface area contributed by atoms with Crippen molar-refractivity contribution in [3.05, 3.63) is 84.4 Å². The van der Waals surface area contributed by atoms with Crippen LogP contribution in [0, 0.1) is 55.7 Å². The van der Waals surface area contributed by atoms with E-state index in [1.165, 1.54) is 44.9 Å². The first kappa shape index (κ1) is 49.0. The third-order valence-electron chi connectivity index (χ3n) is 19.5. The highest BCUT2D eigenvalue weighted by atomic mass is 16.2. The number of carbonyl (C=O) groups is 2. The van der Waals surface area contributed by atoms with Crippen LogP contribution in [-0.2, 0) is 0 Å². The van der Waals surface area contributed by atoms with Gasteiger partial charge in [0.05, 0.1) is 0 Å². The highest BCUT2D eigenvalue weighted by molar-refractivity contribution is 6.35. The van der Waals surface area contributed by atoms with Gasteiger partial charge in [-0.25, -0.2) is 0 Å². The predicted octanol–water partition coefficient (Wildman–Crippen LogP) is 16.6. The van der Waals surface area contributed by atoms with Gasteiger partial charge in [0, 0.05) is 38.3 Å². The maximum atomic E-state index is 14.4. The van der Waals surface area contributed by atoms with Crippen LogP contribution in [0.2, 0.25) is 0 Å². The van der Waals surface area contributed by atoms with Crippen molar-refractivity contribution in [2.75, 3.05) is 27.2 Å². The maximum Gasteiger partial charge on any atom is 0.254 e. The number of hydrogen-bond donors (Lipinski definition) is 0. The Labute approximate surface area is 394 Å². The molecule has 0 N–H and O–H groups in total. The highest BCUT2D eigenvalue weighted by Crippen LogP contribution is 2.71. The van der Waals surface area contributed by atoms with Crippen molar-refractivity contribution in [2.24, 2.45) is 55.7 Å². The molecule has 0 aromatic heterocycles. The van der Waals surface area contributed by atoms with Gasteiger partial charge in [0.25, 0.3) is 11.8 Å². The molecule has 2 fully saturated rings. The molecule has 2 aliphatic rings. The Morgan fingerprint density at radius 1 is 0.600 bits per heavy atom. The molecule has 4 nitrogen and oxygen atoms in total. The number of carbonyl (C=O) groups excluding carboxylic acids is 2. The Balaban J connectivity index is 1.05. The number of nitrogens with zero attached hydrogens (tertiary/aromatic N) is 2. The van der Waals surface area contributed by atoms with Crippen LogP contribution in [0.1, 0.15) is 175 Å². The smallest absolute Gasteiger partial charge is 0.254 e. The average Bonchev–Trinajstić information content (AvgIpc) is 3.78. The third-order valence-corrected chi connectivity index (χ3v) is 19.5. The summed E-state index contributed by atoms with van der Waals surface area (Å²) in [4.78, 5) is 32.6. The Kier molecular flexibility index (Phi) is 12.8. The fourth-order valence-electron chi connectivity index (χ4n) is 12.9. The summed E-state index contributed by atoms with van der Waals surface area (Å²) in [5, 5.41) is 8.74. The van der Waals surface area contributed by atoms with E-state index < -0.39 is 0 Å². The van der Waals surface area contributed by atoms with E-state index in [-0.39, 0.29) is 28.1 Å². The van der Waals surface area contributed by atoms with Gasteiger partial charge in [0.2, 0.25) is 0 Å². The monoisotopic (exact) mass is 879 g/mol. The van der Waals surface area contributed by atoms with Crippen molar-refractivity contribution >= 4 is 54.9 Å². The van der Waals surface area contributed by atoms with Gasteiger partial charge in [0.15, 0.2) is 0 Å². The van der Waals surface area contributed by atoms with Crippen molar-refractivity contribution in [3.63, 3.8) is 0 Å². The van der Waals surface area contributed by atoms with E-state index in [0.29, 0.717) is 39.4 Å². The summed E-state index contributed by atoms with van der Waals surface area (Å²) in [6.07, 6.45) is 12.9. The van der Waals surface area contributed by atoms with Crippen LogP contribution in [0.25, 0.3) is 43.1 Å². The minimum absolute atomic E-state index is 0.0738. The first-order chi connectivity index (χ1) is 30.1. The molecule has 5 aromatic carbocycles. The van der Waals surface area contributed by atoms with Crippen LogP contribution in [0.5, 0.6) is 0 Å². The first-order valence-corrected chi connectivity index (χ1v) is 25.4. The van der Waals surface area contributed by atoms with Crippen LogP contribution < -0.4 is 0 Å². The van der Waals surface area contributed by atoms with Gasteiger partial charge < -0.3 is 9.80 Å². The summed E-state index contributed by atoms with van der Waals surface area (Å²) in [6, 6.07) is 21.2. The zero-order chi connectivity index (χ0) is 47.9. The number of amides is 2. The van der Waals surface area contributed by atoms with Gasteiger partial charge in [-0.05, 0) is 169 Å². The quantitative estimate of drug-likeness (QED) is 0.0500. The van der Waals surface area contributed by atoms with Gasteiger partial charge in [0.1, 0.15) is 0 Å². The number of allylic oxidation sites excluding steroid dienone is 1. The number of fused-ring (bicyclic) bond motifs is 2. The lowest BCUT2D eigenvalue weighted by Crippen LogP contribution is -2.52. The predicted molar refractivity (Wildman–Crippen MR) is 280 cm³/mol. The number of benzene rings is 5. The van der Waals surface area contributed by atoms with Crippen molar-refractivity contribution in [1.82, 2.24) is 9.80 Å². The lowest BCUT2D eigenvalue weighted by atomic mass is 9.44. The summed E-state index contributed by atoms with van der Waals surface area (Å²) in [5.74, 6) is 1.77. The second-order valence-corrected chi connectivity index (χ2v) is 25.7. The summed E-state index contributed by atoms with van der Waals surface area (Å²) < 4.78 is 0. The standard InChI is InChI=1S/C61H86N2O2/c1-18-57(11,40(2)3)38-61(15)39-60(61,14)36-42(5)30-34-63(17)54(65)50-28-26-48-43-21-19-23-45-49(27-25-47(51(43)45)44-22-20-24-46(50)52(44)48)53(64)62(16)33-29-41(4)35-58(12)31-32-59(58,13)37-56(9,10)55(6,7)8/h18-28,40-42H,1,29-39H2,2-17H3. The second-order valence-electron chi connectivity index (χ2n) is 25.7. The number of rotatable bonds is 18. The van der Waals surface area contributed by atoms with E-state index in [1.807, 2.05) is 36.0 Å². The van der Waals surface area contributed by atoms with E-state index in [9.17, 15) is 9.59 Å². The van der Waals surface area contributed by atoms with Crippen molar-refractivity contribution in [1.29, 1.82) is 0 Å². The molecule has 0 radical (unpaired) electrons. The summed E-state index contributed by atoms with van der Waals surface area (Å²) >= 11 is 0. The lowest BCUT2D eigenvalue weighted by molar-refractivity contribution is -0.112. The zero-order valence-corrected chi connectivity index (χ0v) is 43.8. The Bertz CT molecular complexity index is 2570. The first-order valence-electron chi connectivity index (χ1n) is 25.4. The van der Waals surface area contributed by atoms with E-state index in [2.05, 4.69) is 158 Å². The lowest BCUT2D eigenvalue weighted by Gasteiger charge is -2.61. The van der Waals surface area contributed by atoms with Crippen molar-refractivity contribution in [3.8, 4) is 0 Å². The Morgan fingerprint density at radius 3 is 1.42 bits per heavy atom. The molecular formula is C61H86N2O2. The molecular weight excluding hydrogens is 793 g/mol. The van der Waals surface area contributed by atoms with Crippen LogP contribution in [0.15, 0.2) is 73.3 Å². The molecule has 0 heterocycles. The van der Waals surface area contributed by atoms with Crippen LogP contribution in [-0.4, -0.2) is 48.8 Å². The molecule has 0 aliphatic heterocycles. The van der Waals surface area contributed by atoms with Crippen molar-refractivity contribution in [2.45, 2.75) is 155 Å². The van der Waals surface area contributed by atoms with Crippen LogP contribution in [0.4, 0.5) is 0 Å². The normalized spacial score (nSPS) is 25.5. The minimum atomic E-state index is 0.0738. The Hall–Kier alpha value is -3.92. The number of hydrogen-bond acceptors (Lipinski definition) is 2. The topological polar surface area (TPSA) is 40.6 Å². The summed E-state index contributed by atoms with van der Waals surface area (Å²) in [6.45, 7) is 39.6. The van der Waals surface area contributed by atoms with Gasteiger partial charge >= 0.3 is 0 Å². The fourth-order valence-corrected chi connectivity index (χ4v) is 12.9. The third kappa shape index (κ3) is 8.65. The SMILES string of the molecule is C=CC(C)(CC1(C)CC1(C)CC(C)CCN(C)C(=O)c1ccc2c3cccc4c(C(=O)N(C)CCC(C)CC5(C)CCC5(C)CC(C)(C)C(C)(C)C)ccc(c5cccc1c52)c43)C(C)C. The van der Waals surface area contributed by atoms with Crippen LogP contribution in [0.3, 0.4) is 0 Å². The van der Waals surface area contributed by atoms with Gasteiger partial charge in [-0.2, -0.15) is 0 Å². The molecule has 2 saturated carbocycles. The molecule has 0 bridgehead atoms. The highest BCUT2D eigenvalue weighted by Gasteiger charge is 2.62. The summed E-state index contributed by atoms with van der Waals surface area (Å²) in [5.41, 5.74) is 3.52. The van der Waals surface area contributed by atoms with Crippen molar-refractivity contribution < 1.29 is 9.59 Å². The molecule has 352 valence electrons. The largest absolute Gasteiger partial charge is 0.342 e. The maximum absolute atomic E-state index is 14.4. The summed E-state index contributed by atoms with van der Waals surface area (Å²) in [7, 11) is 3.95. The minimum Gasteiger partial charge on any atom is -0.342 e. The second kappa shape index (κ2) is 17.0. The molecule has 0 saturated heterocycles. The molecule has 2 aliphatic carbocycles. The van der Waals surface area contributed by atoms with Gasteiger partial charge in [-0.3, -0.25) is 9.59 Å². The van der Waals surface area contributed by atoms with E-state index in [1.54, 1.807) is 0 Å². The van der Waals surface area contributed by atoms with E-state index in [4.69, 9.17) is 0 Å². The van der Waals surface area contributed by atoms with Gasteiger partial charge in [-0.1, -0.05) is 152 Å². The molecule has 0 spiro atoms. The van der Waals surface area contributed by atoms with E-state index in [0.717, 1.165) is 80.1 Å². The van der Waals surface area contributed by atoms with Gasteiger partial charge in [-0.15, -0.1) is 6.58 Å². The average molecular weight is 879 g/mol. The van der Waals surface area contributed by atoms with E-state index >= 15 is 0 Å². The molecule has 4 heteroatoms. The fraction of sp³-hybridized carbons (Fsp3) is 0.607. The zero-order valence-electron chi connectivity index (χ0n) is 43.8. The molecule has 65 heavy (non-hydrogen) atoms. The molecule has 7 atom stereocenters. The van der Waals surface area contributed by atoms with Crippen LogP contribution >= 0.6 is 0 Å². The molecule has 2 amide bonds. The molecule has 7 unspecified atom stereocenters.